The van der Waals surface area contributed by atoms with E-state index in [1.807, 2.05) is 6.92 Å². The molecule has 0 bridgehead atoms. The van der Waals surface area contributed by atoms with E-state index in [-0.39, 0.29) is 12.3 Å². The molecule has 0 fully saturated rings. The van der Waals surface area contributed by atoms with Crippen molar-refractivity contribution >= 4 is 23.5 Å². The number of halogens is 1. The molecule has 118 valence electrons. The largest absolute Gasteiger partial charge is 0.479 e. The molecule has 0 aromatic heterocycles. The maximum Gasteiger partial charge on any atom is 0.334 e. The van der Waals surface area contributed by atoms with Crippen LogP contribution in [0.3, 0.4) is 0 Å². The average Bonchev–Trinajstić information content (AvgIpc) is 2.91. The van der Waals surface area contributed by atoms with Crippen molar-refractivity contribution in [2.75, 3.05) is 0 Å². The van der Waals surface area contributed by atoms with Gasteiger partial charge in [0, 0.05) is 10.6 Å². The maximum absolute atomic E-state index is 12.5. The standard InChI is InChI=1S/C17H20ClNO3/c1-3-17(16(21)22,12-7-9-13(18)10-8-12)19-15(20)14-6-4-5-11(14)2/h7-10H,3-6H2,1-2H3,(H,19,20)(H,21,22). The first kappa shape index (κ1) is 16.6. The van der Waals surface area contributed by atoms with Crippen LogP contribution in [-0.2, 0) is 15.1 Å². The summed E-state index contributed by atoms with van der Waals surface area (Å²) in [6.07, 6.45) is 2.80. The first-order chi connectivity index (χ1) is 10.4. The highest BCUT2D eigenvalue weighted by Gasteiger charge is 2.41. The van der Waals surface area contributed by atoms with Crippen LogP contribution in [0.4, 0.5) is 0 Å². The lowest BCUT2D eigenvalue weighted by atomic mass is 9.86. The molecule has 1 atom stereocenters. The number of nitrogens with one attached hydrogen (secondary N) is 1. The van der Waals surface area contributed by atoms with Crippen molar-refractivity contribution in [2.45, 2.75) is 45.1 Å². The minimum atomic E-state index is -1.43. The first-order valence-corrected chi connectivity index (χ1v) is 7.79. The normalized spacial score (nSPS) is 17.2. The quantitative estimate of drug-likeness (QED) is 0.870. The molecule has 0 radical (unpaired) electrons. The van der Waals surface area contributed by atoms with Crippen molar-refractivity contribution in [3.05, 3.63) is 46.0 Å². The van der Waals surface area contributed by atoms with Crippen LogP contribution in [0.25, 0.3) is 0 Å². The summed E-state index contributed by atoms with van der Waals surface area (Å²) in [5.41, 5.74) is 0.853. The molecule has 1 aliphatic carbocycles. The number of carbonyl (C=O) groups is 2. The molecule has 4 nitrogen and oxygen atoms in total. The predicted octanol–water partition coefficient (Wildman–Crippen LogP) is 3.65. The molecule has 2 rings (SSSR count). The lowest BCUT2D eigenvalue weighted by molar-refractivity contribution is -0.148. The van der Waals surface area contributed by atoms with Crippen molar-refractivity contribution in [2.24, 2.45) is 0 Å². The van der Waals surface area contributed by atoms with E-state index in [2.05, 4.69) is 5.32 Å². The lowest BCUT2D eigenvalue weighted by Crippen LogP contribution is -2.51. The monoisotopic (exact) mass is 321 g/mol. The molecule has 2 N–H and O–H groups in total. The number of allylic oxidation sites excluding steroid dienone is 1. The molecule has 1 aliphatic rings. The maximum atomic E-state index is 12.5. The van der Waals surface area contributed by atoms with Crippen LogP contribution in [0, 0.1) is 0 Å². The van der Waals surface area contributed by atoms with Crippen molar-refractivity contribution in [1.82, 2.24) is 5.32 Å². The fourth-order valence-electron chi connectivity index (χ4n) is 2.90. The zero-order chi connectivity index (χ0) is 16.3. The zero-order valence-electron chi connectivity index (χ0n) is 12.8. The number of hydrogen-bond donors (Lipinski definition) is 2. The van der Waals surface area contributed by atoms with Crippen LogP contribution in [0.15, 0.2) is 35.4 Å². The summed E-state index contributed by atoms with van der Waals surface area (Å²) in [6.45, 7) is 3.68. The smallest absolute Gasteiger partial charge is 0.334 e. The molecule has 1 unspecified atom stereocenters. The van der Waals surface area contributed by atoms with Gasteiger partial charge in [0.2, 0.25) is 5.91 Å². The topological polar surface area (TPSA) is 66.4 Å². The summed E-state index contributed by atoms with van der Waals surface area (Å²) in [5.74, 6) is -1.35. The number of rotatable bonds is 5. The van der Waals surface area contributed by atoms with Crippen molar-refractivity contribution in [3.63, 3.8) is 0 Å². The van der Waals surface area contributed by atoms with Gasteiger partial charge in [-0.2, -0.15) is 0 Å². The highest BCUT2D eigenvalue weighted by molar-refractivity contribution is 6.30. The first-order valence-electron chi connectivity index (χ1n) is 7.41. The van der Waals surface area contributed by atoms with E-state index in [1.165, 1.54) is 0 Å². The van der Waals surface area contributed by atoms with Crippen molar-refractivity contribution in [1.29, 1.82) is 0 Å². The Balaban J connectivity index is 2.38. The fraction of sp³-hybridized carbons (Fsp3) is 0.412. The van der Waals surface area contributed by atoms with E-state index >= 15 is 0 Å². The number of amides is 1. The third-order valence-corrected chi connectivity index (χ3v) is 4.58. The summed E-state index contributed by atoms with van der Waals surface area (Å²) in [5, 5.41) is 13.0. The molecule has 0 heterocycles. The molecular weight excluding hydrogens is 302 g/mol. The number of carboxylic acid groups (broad SMARTS) is 1. The fourth-order valence-corrected chi connectivity index (χ4v) is 3.02. The summed E-state index contributed by atoms with van der Waals surface area (Å²) < 4.78 is 0. The van der Waals surface area contributed by atoms with Crippen LogP contribution < -0.4 is 5.32 Å². The van der Waals surface area contributed by atoms with Crippen LogP contribution in [-0.4, -0.2) is 17.0 Å². The van der Waals surface area contributed by atoms with E-state index in [4.69, 9.17) is 11.6 Å². The van der Waals surface area contributed by atoms with Gasteiger partial charge in [0.05, 0.1) is 0 Å². The second kappa shape index (κ2) is 6.53. The molecule has 1 aromatic carbocycles. The number of benzene rings is 1. The Kier molecular flexibility index (Phi) is 4.91. The van der Waals surface area contributed by atoms with Crippen molar-refractivity contribution < 1.29 is 14.7 Å². The third kappa shape index (κ3) is 3.02. The van der Waals surface area contributed by atoms with Gasteiger partial charge in [-0.05, 0) is 50.3 Å². The Bertz CT molecular complexity index is 621. The second-order valence-corrected chi connectivity index (χ2v) is 6.07. The van der Waals surface area contributed by atoms with Crippen molar-refractivity contribution in [3.8, 4) is 0 Å². The molecule has 5 heteroatoms. The Morgan fingerprint density at radius 1 is 1.27 bits per heavy atom. The molecule has 0 saturated carbocycles. The van der Waals surface area contributed by atoms with E-state index in [1.54, 1.807) is 31.2 Å². The van der Waals surface area contributed by atoms with E-state index in [0.29, 0.717) is 22.6 Å². The second-order valence-electron chi connectivity index (χ2n) is 5.64. The molecule has 0 spiro atoms. The van der Waals surface area contributed by atoms with Gasteiger partial charge >= 0.3 is 5.97 Å². The molecule has 1 amide bonds. The highest BCUT2D eigenvalue weighted by Crippen LogP contribution is 2.30. The van der Waals surface area contributed by atoms with Gasteiger partial charge in [-0.15, -0.1) is 0 Å². The van der Waals surface area contributed by atoms with Crippen LogP contribution >= 0.6 is 11.6 Å². The van der Waals surface area contributed by atoms with Gasteiger partial charge in [-0.3, -0.25) is 4.79 Å². The summed E-state index contributed by atoms with van der Waals surface area (Å²) in [6, 6.07) is 6.57. The molecule has 22 heavy (non-hydrogen) atoms. The zero-order valence-corrected chi connectivity index (χ0v) is 13.5. The Hall–Kier alpha value is -1.81. The van der Waals surface area contributed by atoms with E-state index < -0.39 is 11.5 Å². The molecule has 0 aliphatic heterocycles. The van der Waals surface area contributed by atoms with Gasteiger partial charge in [0.1, 0.15) is 0 Å². The lowest BCUT2D eigenvalue weighted by Gasteiger charge is -2.30. The molecule has 0 saturated heterocycles. The SMILES string of the molecule is CCC(NC(=O)C1=C(C)CCC1)(C(=O)O)c1ccc(Cl)cc1. The van der Waals surface area contributed by atoms with E-state index in [0.717, 1.165) is 18.4 Å². The minimum absolute atomic E-state index is 0.252. The van der Waals surface area contributed by atoms with Gasteiger partial charge in [0.25, 0.3) is 0 Å². The van der Waals surface area contributed by atoms with Crippen LogP contribution in [0.5, 0.6) is 0 Å². The van der Waals surface area contributed by atoms with Crippen LogP contribution in [0.1, 0.15) is 45.1 Å². The number of carboxylic acids is 1. The number of aliphatic carboxylic acids is 1. The molecular formula is C17H20ClNO3. The summed E-state index contributed by atoms with van der Waals surface area (Å²) in [4.78, 5) is 24.4. The minimum Gasteiger partial charge on any atom is -0.479 e. The number of hydrogen-bond acceptors (Lipinski definition) is 2. The highest BCUT2D eigenvalue weighted by atomic mass is 35.5. The van der Waals surface area contributed by atoms with Gasteiger partial charge in [-0.1, -0.05) is 36.2 Å². The van der Waals surface area contributed by atoms with Crippen LogP contribution in [0.2, 0.25) is 5.02 Å². The number of carbonyl (C=O) groups excluding carboxylic acids is 1. The predicted molar refractivity (Wildman–Crippen MR) is 85.8 cm³/mol. The Labute approximate surface area is 135 Å². The van der Waals surface area contributed by atoms with Gasteiger partial charge < -0.3 is 10.4 Å². The van der Waals surface area contributed by atoms with Gasteiger partial charge in [-0.25, -0.2) is 4.79 Å². The molecule has 1 aromatic rings. The van der Waals surface area contributed by atoms with Gasteiger partial charge in [0.15, 0.2) is 5.54 Å². The Morgan fingerprint density at radius 3 is 2.36 bits per heavy atom. The summed E-state index contributed by atoms with van der Waals surface area (Å²) >= 11 is 5.87. The van der Waals surface area contributed by atoms with E-state index in [9.17, 15) is 14.7 Å². The average molecular weight is 322 g/mol. The summed E-state index contributed by atoms with van der Waals surface area (Å²) in [7, 11) is 0. The third-order valence-electron chi connectivity index (χ3n) is 4.33. The Morgan fingerprint density at radius 2 is 1.91 bits per heavy atom.